The molecule has 31 heavy (non-hydrogen) atoms. The molecule has 1 aliphatic heterocycles. The molecule has 0 aliphatic carbocycles. The molecule has 4 nitrogen and oxygen atoms in total. The molecule has 0 bridgehead atoms. The lowest BCUT2D eigenvalue weighted by atomic mass is 10.1. The van der Waals surface area contributed by atoms with E-state index in [-0.39, 0.29) is 17.9 Å². The molecule has 1 unspecified atom stereocenters. The number of benzene rings is 3. The second-order valence-electron chi connectivity index (χ2n) is 7.54. The van der Waals surface area contributed by atoms with Gasteiger partial charge in [-0.2, -0.15) is 0 Å². The van der Waals surface area contributed by atoms with Crippen molar-refractivity contribution < 1.29 is 9.59 Å². The molecule has 3 aromatic carbocycles. The van der Waals surface area contributed by atoms with Crippen molar-refractivity contribution in [1.29, 1.82) is 0 Å². The summed E-state index contributed by atoms with van der Waals surface area (Å²) in [5.74, 6) is -0.433. The van der Waals surface area contributed by atoms with E-state index in [0.717, 1.165) is 27.3 Å². The molecule has 2 amide bonds. The Morgan fingerprint density at radius 3 is 2.45 bits per heavy atom. The molecule has 4 rings (SSSR count). The van der Waals surface area contributed by atoms with Crippen LogP contribution in [0.4, 0.5) is 5.69 Å². The number of fused-ring (bicyclic) bond motifs is 1. The van der Waals surface area contributed by atoms with Crippen LogP contribution in [0.25, 0.3) is 0 Å². The topological polar surface area (TPSA) is 49.4 Å². The van der Waals surface area contributed by atoms with Gasteiger partial charge < -0.3 is 10.2 Å². The first-order valence-electron chi connectivity index (χ1n) is 10.2. The lowest BCUT2D eigenvalue weighted by Crippen LogP contribution is -2.35. The van der Waals surface area contributed by atoms with Gasteiger partial charge in [-0.15, -0.1) is 0 Å². The average molecular weight is 429 g/mol. The smallest absolute Gasteiger partial charge is 0.265 e. The van der Waals surface area contributed by atoms with Crippen LogP contribution in [0.1, 0.15) is 29.7 Å². The predicted molar refractivity (Wildman–Crippen MR) is 126 cm³/mol. The van der Waals surface area contributed by atoms with Crippen LogP contribution in [0, 0.1) is 6.92 Å². The maximum absolute atomic E-state index is 13.4. The number of nitrogens with one attached hydrogen (secondary N) is 1. The molecule has 1 aliphatic rings. The highest BCUT2D eigenvalue weighted by Crippen LogP contribution is 2.42. The van der Waals surface area contributed by atoms with Crippen LogP contribution >= 0.6 is 11.8 Å². The van der Waals surface area contributed by atoms with Gasteiger partial charge in [0.2, 0.25) is 5.91 Å². The number of rotatable bonds is 5. The van der Waals surface area contributed by atoms with Crippen LogP contribution in [0.15, 0.2) is 94.7 Å². The zero-order valence-electron chi connectivity index (χ0n) is 17.5. The van der Waals surface area contributed by atoms with Crippen molar-refractivity contribution in [2.24, 2.45) is 0 Å². The highest BCUT2D eigenvalue weighted by molar-refractivity contribution is 8.04. The molecule has 0 spiro atoms. The summed E-state index contributed by atoms with van der Waals surface area (Å²) in [5.41, 5.74) is 4.10. The third kappa shape index (κ3) is 4.72. The summed E-state index contributed by atoms with van der Waals surface area (Å²) < 4.78 is 0. The van der Waals surface area contributed by atoms with E-state index in [1.54, 1.807) is 4.90 Å². The summed E-state index contributed by atoms with van der Waals surface area (Å²) in [6.45, 7) is 4.43. The SMILES string of the molecule is Cc1ccccc1CN1C(=O)/C(=C/C(=O)NC(C)c2ccccc2)Sc2ccccc21. The first kappa shape index (κ1) is 20.9. The van der Waals surface area contributed by atoms with Crippen molar-refractivity contribution >= 4 is 29.3 Å². The monoisotopic (exact) mass is 428 g/mol. The highest BCUT2D eigenvalue weighted by atomic mass is 32.2. The van der Waals surface area contributed by atoms with Gasteiger partial charge in [0.05, 0.1) is 23.2 Å². The summed E-state index contributed by atoms with van der Waals surface area (Å²) >= 11 is 1.34. The number of thioether (sulfide) groups is 1. The summed E-state index contributed by atoms with van der Waals surface area (Å²) in [6.07, 6.45) is 1.42. The minimum Gasteiger partial charge on any atom is -0.346 e. The van der Waals surface area contributed by atoms with Gasteiger partial charge in [0.25, 0.3) is 5.91 Å². The molecule has 5 heteroatoms. The van der Waals surface area contributed by atoms with Crippen LogP contribution < -0.4 is 10.2 Å². The van der Waals surface area contributed by atoms with Gasteiger partial charge in [-0.3, -0.25) is 9.59 Å². The Morgan fingerprint density at radius 2 is 1.68 bits per heavy atom. The van der Waals surface area contributed by atoms with E-state index in [2.05, 4.69) is 5.32 Å². The van der Waals surface area contributed by atoms with Crippen LogP contribution in [0.5, 0.6) is 0 Å². The Morgan fingerprint density at radius 1 is 1.00 bits per heavy atom. The number of hydrogen-bond donors (Lipinski definition) is 1. The van der Waals surface area contributed by atoms with E-state index in [0.29, 0.717) is 11.4 Å². The van der Waals surface area contributed by atoms with E-state index >= 15 is 0 Å². The summed E-state index contributed by atoms with van der Waals surface area (Å²) in [5, 5.41) is 2.96. The Bertz CT molecular complexity index is 1140. The zero-order chi connectivity index (χ0) is 21.8. The molecule has 0 saturated carbocycles. The Balaban J connectivity index is 1.59. The standard InChI is InChI=1S/C26H24N2O2S/c1-18-10-6-7-13-21(18)17-28-22-14-8-9-15-23(22)31-24(26(28)30)16-25(29)27-19(2)20-11-4-3-5-12-20/h3-16,19H,17H2,1-2H3,(H,27,29)/b24-16-. The molecule has 0 radical (unpaired) electrons. The van der Waals surface area contributed by atoms with Gasteiger partial charge in [-0.1, -0.05) is 78.5 Å². The normalized spacial score (nSPS) is 15.5. The number of para-hydroxylation sites is 1. The molecule has 0 aromatic heterocycles. The first-order chi connectivity index (χ1) is 15.0. The van der Waals surface area contributed by atoms with Gasteiger partial charge in [0, 0.05) is 11.0 Å². The van der Waals surface area contributed by atoms with E-state index in [4.69, 9.17) is 0 Å². The van der Waals surface area contributed by atoms with Crippen molar-refractivity contribution in [3.8, 4) is 0 Å². The van der Waals surface area contributed by atoms with Crippen molar-refractivity contribution in [2.45, 2.75) is 31.3 Å². The Labute approximate surface area is 187 Å². The fourth-order valence-electron chi connectivity index (χ4n) is 3.58. The first-order valence-corrected chi connectivity index (χ1v) is 11.0. The van der Waals surface area contributed by atoms with Crippen molar-refractivity contribution in [1.82, 2.24) is 5.32 Å². The fraction of sp³-hybridized carbons (Fsp3) is 0.154. The molecule has 1 N–H and O–H groups in total. The zero-order valence-corrected chi connectivity index (χ0v) is 18.4. The number of aryl methyl sites for hydroxylation is 1. The molecular weight excluding hydrogens is 404 g/mol. The van der Waals surface area contributed by atoms with E-state index < -0.39 is 0 Å². The van der Waals surface area contributed by atoms with E-state index in [9.17, 15) is 9.59 Å². The lowest BCUT2D eigenvalue weighted by molar-refractivity contribution is -0.118. The average Bonchev–Trinajstić information content (AvgIpc) is 2.78. The van der Waals surface area contributed by atoms with Gasteiger partial charge in [-0.25, -0.2) is 0 Å². The summed E-state index contributed by atoms with van der Waals surface area (Å²) in [6, 6.07) is 25.5. The molecule has 0 saturated heterocycles. The predicted octanol–water partition coefficient (Wildman–Crippen LogP) is 5.40. The Hall–Kier alpha value is -3.31. The Kier molecular flexibility index (Phi) is 6.23. The molecule has 3 aromatic rings. The van der Waals surface area contributed by atoms with E-state index in [1.807, 2.05) is 92.7 Å². The molecular formula is C26H24N2O2S. The summed E-state index contributed by atoms with van der Waals surface area (Å²) in [4.78, 5) is 29.2. The quantitative estimate of drug-likeness (QED) is 0.554. The maximum atomic E-state index is 13.4. The number of hydrogen-bond acceptors (Lipinski definition) is 3. The largest absolute Gasteiger partial charge is 0.346 e. The second-order valence-corrected chi connectivity index (χ2v) is 8.62. The van der Waals surface area contributed by atoms with Crippen molar-refractivity contribution in [3.05, 3.63) is 107 Å². The number of nitrogens with zero attached hydrogens (tertiary/aromatic N) is 1. The lowest BCUT2D eigenvalue weighted by Gasteiger charge is -2.30. The van der Waals surface area contributed by atoms with Crippen LogP contribution in [0.3, 0.4) is 0 Å². The molecule has 156 valence electrons. The third-order valence-electron chi connectivity index (χ3n) is 5.34. The number of anilines is 1. The van der Waals surface area contributed by atoms with Gasteiger partial charge in [0.1, 0.15) is 0 Å². The highest BCUT2D eigenvalue weighted by Gasteiger charge is 2.30. The minimum absolute atomic E-state index is 0.149. The minimum atomic E-state index is -0.276. The van der Waals surface area contributed by atoms with Crippen molar-refractivity contribution in [3.63, 3.8) is 0 Å². The maximum Gasteiger partial charge on any atom is 0.265 e. The fourth-order valence-corrected chi connectivity index (χ4v) is 4.61. The van der Waals surface area contributed by atoms with Gasteiger partial charge in [0.15, 0.2) is 0 Å². The number of carbonyl (C=O) groups is 2. The van der Waals surface area contributed by atoms with E-state index in [1.165, 1.54) is 17.8 Å². The molecule has 0 fully saturated rings. The number of carbonyl (C=O) groups excluding carboxylic acids is 2. The van der Waals surface area contributed by atoms with Crippen LogP contribution in [-0.4, -0.2) is 11.8 Å². The second kappa shape index (κ2) is 9.23. The molecule has 1 atom stereocenters. The molecule has 1 heterocycles. The van der Waals surface area contributed by atoms with Gasteiger partial charge >= 0.3 is 0 Å². The van der Waals surface area contributed by atoms with Crippen molar-refractivity contribution in [2.75, 3.05) is 4.90 Å². The summed E-state index contributed by atoms with van der Waals surface area (Å²) in [7, 11) is 0. The van der Waals surface area contributed by atoms with Gasteiger partial charge in [-0.05, 0) is 42.7 Å². The third-order valence-corrected chi connectivity index (χ3v) is 6.42. The van der Waals surface area contributed by atoms with Crippen LogP contribution in [0.2, 0.25) is 0 Å². The van der Waals surface area contributed by atoms with Crippen LogP contribution in [-0.2, 0) is 16.1 Å². The number of amides is 2.